The molecule has 1 aromatic heterocycles. The van der Waals surface area contributed by atoms with Gasteiger partial charge in [0.2, 0.25) is 5.91 Å². The Labute approximate surface area is 175 Å². The zero-order chi connectivity index (χ0) is 21.1. The number of piperidine rings is 1. The molecule has 0 spiro atoms. The maximum absolute atomic E-state index is 14.2. The molecule has 1 saturated heterocycles. The van der Waals surface area contributed by atoms with Crippen LogP contribution in [0.2, 0.25) is 0 Å². The van der Waals surface area contributed by atoms with Gasteiger partial charge in [-0.15, -0.1) is 0 Å². The summed E-state index contributed by atoms with van der Waals surface area (Å²) < 4.78 is 19.4. The van der Waals surface area contributed by atoms with Gasteiger partial charge in [0, 0.05) is 42.3 Å². The fraction of sp³-hybridized carbons (Fsp3) is 0.333. The van der Waals surface area contributed by atoms with Crippen LogP contribution >= 0.6 is 0 Å². The molecule has 4 rings (SSSR count). The van der Waals surface area contributed by atoms with Crippen LogP contribution in [0.4, 0.5) is 10.1 Å². The number of aryl methyl sites for hydroxylation is 1. The lowest BCUT2D eigenvalue weighted by atomic mass is 9.95. The summed E-state index contributed by atoms with van der Waals surface area (Å²) in [6, 6.07) is 14.8. The summed E-state index contributed by atoms with van der Waals surface area (Å²) in [5.74, 6) is 0.583. The van der Waals surface area contributed by atoms with Gasteiger partial charge in [-0.05, 0) is 49.6 Å². The molecule has 0 bridgehead atoms. The van der Waals surface area contributed by atoms with Crippen molar-refractivity contribution in [1.82, 2.24) is 10.3 Å². The van der Waals surface area contributed by atoms with Crippen molar-refractivity contribution < 1.29 is 13.9 Å². The fourth-order valence-electron chi connectivity index (χ4n) is 4.04. The number of pyridine rings is 1. The number of amides is 1. The normalized spacial score (nSPS) is 14.7. The van der Waals surface area contributed by atoms with E-state index >= 15 is 0 Å². The van der Waals surface area contributed by atoms with Gasteiger partial charge in [-0.3, -0.25) is 4.79 Å². The molecule has 1 amide bonds. The van der Waals surface area contributed by atoms with E-state index in [1.54, 1.807) is 13.2 Å². The average Bonchev–Trinajstić information content (AvgIpc) is 2.78. The number of rotatable bonds is 5. The van der Waals surface area contributed by atoms with Crippen LogP contribution in [-0.2, 0) is 11.3 Å². The third-order valence-electron chi connectivity index (χ3n) is 5.73. The second kappa shape index (κ2) is 8.69. The number of carbonyl (C=O) groups excluding carboxylic acids is 1. The highest BCUT2D eigenvalue weighted by molar-refractivity contribution is 5.92. The number of nitrogens with one attached hydrogen (secondary N) is 1. The smallest absolute Gasteiger partial charge is 0.223 e. The minimum absolute atomic E-state index is 0.00886. The first-order chi connectivity index (χ1) is 14.5. The van der Waals surface area contributed by atoms with Gasteiger partial charge in [0.15, 0.2) is 0 Å². The van der Waals surface area contributed by atoms with Gasteiger partial charge in [0.1, 0.15) is 17.1 Å². The maximum atomic E-state index is 14.2. The standard InChI is InChI=1S/C24H26FN3O2/c1-16-14-22(20-4-3-5-21(25)23(20)27-16)28-12-10-18(11-13-28)24(29)26-15-17-6-8-19(30-2)9-7-17/h3-9,14,18H,10-13,15H2,1-2H3,(H,26,29). The molecule has 2 heterocycles. The lowest BCUT2D eigenvalue weighted by Crippen LogP contribution is -2.40. The number of carbonyl (C=O) groups is 1. The number of aromatic nitrogens is 1. The number of nitrogens with zero attached hydrogens (tertiary/aromatic N) is 2. The number of hydrogen-bond donors (Lipinski definition) is 1. The van der Waals surface area contributed by atoms with Gasteiger partial charge >= 0.3 is 0 Å². The molecule has 1 fully saturated rings. The molecule has 3 aromatic rings. The number of anilines is 1. The van der Waals surface area contributed by atoms with Crippen molar-refractivity contribution in [3.63, 3.8) is 0 Å². The number of hydrogen-bond acceptors (Lipinski definition) is 4. The molecule has 1 aliphatic rings. The van der Waals surface area contributed by atoms with E-state index in [1.165, 1.54) is 6.07 Å². The summed E-state index contributed by atoms with van der Waals surface area (Å²) in [7, 11) is 1.63. The van der Waals surface area contributed by atoms with E-state index in [0.717, 1.165) is 54.0 Å². The zero-order valence-corrected chi connectivity index (χ0v) is 17.3. The summed E-state index contributed by atoms with van der Waals surface area (Å²) in [5.41, 5.74) is 3.24. The second-order valence-electron chi connectivity index (χ2n) is 7.75. The Hall–Kier alpha value is -3.15. The molecule has 0 radical (unpaired) electrons. The summed E-state index contributed by atoms with van der Waals surface area (Å²) in [6.45, 7) is 3.91. The van der Waals surface area contributed by atoms with Crippen molar-refractivity contribution in [2.24, 2.45) is 5.92 Å². The molecule has 2 aromatic carbocycles. The van der Waals surface area contributed by atoms with Crippen LogP contribution in [-0.4, -0.2) is 31.1 Å². The van der Waals surface area contributed by atoms with E-state index in [1.807, 2.05) is 43.3 Å². The van der Waals surface area contributed by atoms with Crippen molar-refractivity contribution in [2.45, 2.75) is 26.3 Å². The average molecular weight is 407 g/mol. The molecule has 156 valence electrons. The maximum Gasteiger partial charge on any atom is 0.223 e. The Kier molecular flexibility index (Phi) is 5.84. The van der Waals surface area contributed by atoms with Gasteiger partial charge in [-0.25, -0.2) is 9.37 Å². The Morgan fingerprint density at radius 1 is 1.20 bits per heavy atom. The Bertz CT molecular complexity index is 1040. The molecular weight excluding hydrogens is 381 g/mol. The summed E-state index contributed by atoms with van der Waals surface area (Å²) in [6.07, 6.45) is 1.54. The molecule has 1 aliphatic heterocycles. The van der Waals surface area contributed by atoms with Gasteiger partial charge in [0.25, 0.3) is 0 Å². The van der Waals surface area contributed by atoms with Crippen molar-refractivity contribution >= 4 is 22.5 Å². The summed E-state index contributed by atoms with van der Waals surface area (Å²) in [5, 5.41) is 3.87. The van der Waals surface area contributed by atoms with Crippen LogP contribution in [0.5, 0.6) is 5.75 Å². The molecule has 0 saturated carbocycles. The molecule has 6 heteroatoms. The number of para-hydroxylation sites is 1. The fourth-order valence-corrected chi connectivity index (χ4v) is 4.04. The highest BCUT2D eigenvalue weighted by Gasteiger charge is 2.26. The molecule has 0 aliphatic carbocycles. The number of halogens is 1. The van der Waals surface area contributed by atoms with Crippen LogP contribution in [0.25, 0.3) is 10.9 Å². The lowest BCUT2D eigenvalue weighted by molar-refractivity contribution is -0.125. The van der Waals surface area contributed by atoms with E-state index in [2.05, 4.69) is 15.2 Å². The van der Waals surface area contributed by atoms with Crippen LogP contribution < -0.4 is 15.0 Å². The van der Waals surface area contributed by atoms with Crippen molar-refractivity contribution in [3.8, 4) is 5.75 Å². The first kappa shape index (κ1) is 20.1. The first-order valence-electron chi connectivity index (χ1n) is 10.3. The number of fused-ring (bicyclic) bond motifs is 1. The van der Waals surface area contributed by atoms with Gasteiger partial charge < -0.3 is 15.0 Å². The van der Waals surface area contributed by atoms with Crippen molar-refractivity contribution in [2.75, 3.05) is 25.1 Å². The zero-order valence-electron chi connectivity index (χ0n) is 17.3. The van der Waals surface area contributed by atoms with Gasteiger partial charge in [0.05, 0.1) is 7.11 Å². The second-order valence-corrected chi connectivity index (χ2v) is 7.75. The van der Waals surface area contributed by atoms with Crippen molar-refractivity contribution in [3.05, 3.63) is 65.6 Å². The van der Waals surface area contributed by atoms with E-state index in [4.69, 9.17) is 4.74 Å². The third-order valence-corrected chi connectivity index (χ3v) is 5.73. The SMILES string of the molecule is COc1ccc(CNC(=O)C2CCN(c3cc(C)nc4c(F)cccc34)CC2)cc1. The Morgan fingerprint density at radius 3 is 2.63 bits per heavy atom. The first-order valence-corrected chi connectivity index (χ1v) is 10.3. The van der Waals surface area contributed by atoms with Gasteiger partial charge in [-0.1, -0.05) is 24.3 Å². The van der Waals surface area contributed by atoms with Crippen LogP contribution in [0.15, 0.2) is 48.5 Å². The predicted molar refractivity (Wildman–Crippen MR) is 116 cm³/mol. The number of ether oxygens (including phenoxy) is 1. The Balaban J connectivity index is 1.38. The minimum atomic E-state index is -0.301. The van der Waals surface area contributed by atoms with Crippen LogP contribution in [0.1, 0.15) is 24.1 Å². The molecule has 0 atom stereocenters. The largest absolute Gasteiger partial charge is 0.497 e. The number of benzene rings is 2. The molecule has 1 N–H and O–H groups in total. The van der Waals surface area contributed by atoms with Crippen LogP contribution in [0, 0.1) is 18.7 Å². The van der Waals surface area contributed by atoms with E-state index in [0.29, 0.717) is 12.1 Å². The highest BCUT2D eigenvalue weighted by atomic mass is 19.1. The minimum Gasteiger partial charge on any atom is -0.497 e. The summed E-state index contributed by atoms with van der Waals surface area (Å²) >= 11 is 0. The van der Waals surface area contributed by atoms with Crippen molar-refractivity contribution in [1.29, 1.82) is 0 Å². The van der Waals surface area contributed by atoms with Gasteiger partial charge in [-0.2, -0.15) is 0 Å². The molecule has 0 unspecified atom stereocenters. The van der Waals surface area contributed by atoms with E-state index in [-0.39, 0.29) is 17.6 Å². The van der Waals surface area contributed by atoms with E-state index < -0.39 is 0 Å². The van der Waals surface area contributed by atoms with Crippen LogP contribution in [0.3, 0.4) is 0 Å². The highest BCUT2D eigenvalue weighted by Crippen LogP contribution is 2.31. The quantitative estimate of drug-likeness (QED) is 0.688. The summed E-state index contributed by atoms with van der Waals surface area (Å²) in [4.78, 5) is 19.2. The lowest BCUT2D eigenvalue weighted by Gasteiger charge is -2.33. The topological polar surface area (TPSA) is 54.5 Å². The number of methoxy groups -OCH3 is 1. The molecular formula is C24H26FN3O2. The monoisotopic (exact) mass is 407 g/mol. The third kappa shape index (κ3) is 4.22. The molecule has 30 heavy (non-hydrogen) atoms. The van der Waals surface area contributed by atoms with E-state index in [9.17, 15) is 9.18 Å². The predicted octanol–water partition coefficient (Wildman–Crippen LogP) is 4.22. The Morgan fingerprint density at radius 2 is 1.93 bits per heavy atom. The molecule has 5 nitrogen and oxygen atoms in total.